The van der Waals surface area contributed by atoms with E-state index in [2.05, 4.69) is 9.83 Å². The Bertz CT molecular complexity index is 1180. The summed E-state index contributed by atoms with van der Waals surface area (Å²) < 4.78 is 6.39. The van der Waals surface area contributed by atoms with E-state index in [9.17, 15) is 0 Å². The van der Waals surface area contributed by atoms with E-state index >= 15 is 0 Å². The smallest absolute Gasteiger partial charge is 0.264 e. The number of rotatable bonds is 2. The maximum absolute atomic E-state index is 9.08. The molecule has 0 unspecified atom stereocenters. The lowest BCUT2D eigenvalue weighted by molar-refractivity contribution is 0.0168. The predicted octanol–water partition coefficient (Wildman–Crippen LogP) is 5.03. The first-order valence-corrected chi connectivity index (χ1v) is 10.5. The van der Waals surface area contributed by atoms with Gasteiger partial charge in [-0.3, -0.25) is 0 Å². The van der Waals surface area contributed by atoms with Crippen LogP contribution in [0.4, 0.5) is 0 Å². The molecular weight excluding hydrogens is 404 g/mol. The van der Waals surface area contributed by atoms with Crippen molar-refractivity contribution in [2.24, 2.45) is 0 Å². The zero-order chi connectivity index (χ0) is 20.4. The Hall–Kier alpha value is -3.50. The van der Waals surface area contributed by atoms with Crippen LogP contribution in [0.1, 0.15) is 47.8 Å². The van der Waals surface area contributed by atoms with E-state index in [-0.39, 0.29) is 11.3 Å². The molecule has 0 saturated heterocycles. The Morgan fingerprint density at radius 3 is 2.34 bits per heavy atom. The highest BCUT2D eigenvalue weighted by Crippen LogP contribution is 2.54. The highest BCUT2D eigenvalue weighted by atomic mass is 32.1. The average molecular weight is 416 g/mol. The van der Waals surface area contributed by atoms with Gasteiger partial charge in [0.1, 0.15) is 38.3 Å². The number of nitrogens with zero attached hydrogens (tertiary/aromatic N) is 6. The largest absolute Gasteiger partial charge is 0.463 e. The van der Waals surface area contributed by atoms with Gasteiger partial charge >= 0.3 is 0 Å². The predicted molar refractivity (Wildman–Crippen MR) is 108 cm³/mol. The summed E-state index contributed by atoms with van der Waals surface area (Å²) in [6.07, 6.45) is 7.78. The number of aromatic nitrogens is 2. The van der Waals surface area contributed by atoms with Gasteiger partial charge < -0.3 is 4.74 Å². The van der Waals surface area contributed by atoms with Gasteiger partial charge in [0.2, 0.25) is 5.88 Å². The molecule has 140 valence electrons. The number of allylic oxidation sites excluding steroid dienone is 2. The molecule has 0 amide bonds. The van der Waals surface area contributed by atoms with Crippen molar-refractivity contribution in [1.29, 1.82) is 15.8 Å². The van der Waals surface area contributed by atoms with Crippen LogP contribution >= 0.6 is 22.7 Å². The molecule has 7 nitrogen and oxygen atoms in total. The number of hydrogen-bond donors (Lipinski definition) is 0. The highest BCUT2D eigenvalue weighted by molar-refractivity contribution is 7.23. The molecule has 3 heterocycles. The van der Waals surface area contributed by atoms with Crippen LogP contribution in [0.15, 0.2) is 11.3 Å². The van der Waals surface area contributed by atoms with Crippen LogP contribution in [-0.2, 0) is 5.60 Å². The Morgan fingerprint density at radius 2 is 1.69 bits per heavy atom. The molecule has 2 aromatic heterocycles. The van der Waals surface area contributed by atoms with Gasteiger partial charge in [0.15, 0.2) is 5.60 Å². The third-order valence-corrected chi connectivity index (χ3v) is 7.00. The summed E-state index contributed by atoms with van der Waals surface area (Å²) in [5, 5.41) is 28.2. The van der Waals surface area contributed by atoms with E-state index < -0.39 is 5.60 Å². The molecule has 0 bridgehead atoms. The van der Waals surface area contributed by atoms with E-state index in [1.54, 1.807) is 0 Å². The first-order valence-electron chi connectivity index (χ1n) is 8.85. The standard InChI is InChI=1S/C20H12N6OS2/c1-24-13(11-23)8-15-25-18-16(28-15)17-19(27-20(18)5-3-2-4-6-20)26-14(29-17)7-12(9-21)10-22/h7-8H,2-6H2/b13-8+. The second-order valence-electron chi connectivity index (χ2n) is 6.61. The van der Waals surface area contributed by atoms with Crippen molar-refractivity contribution in [1.82, 2.24) is 9.97 Å². The molecule has 2 aromatic rings. The van der Waals surface area contributed by atoms with Gasteiger partial charge in [0.05, 0.1) is 17.5 Å². The fourth-order valence-corrected chi connectivity index (χ4v) is 5.73. The van der Waals surface area contributed by atoms with E-state index in [4.69, 9.17) is 32.1 Å². The van der Waals surface area contributed by atoms with Gasteiger partial charge in [0, 0.05) is 6.08 Å². The third kappa shape index (κ3) is 3.28. The van der Waals surface area contributed by atoms with Crippen LogP contribution in [-0.4, -0.2) is 9.97 Å². The quantitative estimate of drug-likeness (QED) is 0.501. The lowest BCUT2D eigenvalue weighted by Gasteiger charge is -2.38. The van der Waals surface area contributed by atoms with E-state index in [0.29, 0.717) is 15.9 Å². The maximum atomic E-state index is 9.08. The van der Waals surface area contributed by atoms with Gasteiger partial charge in [0.25, 0.3) is 5.70 Å². The molecule has 2 aliphatic rings. The lowest BCUT2D eigenvalue weighted by Crippen LogP contribution is -2.38. The summed E-state index contributed by atoms with van der Waals surface area (Å²) in [7, 11) is 0. The van der Waals surface area contributed by atoms with Crippen molar-refractivity contribution >= 4 is 34.8 Å². The molecular formula is C20H12N6OS2. The van der Waals surface area contributed by atoms with E-state index in [1.165, 1.54) is 34.8 Å². The summed E-state index contributed by atoms with van der Waals surface area (Å²) in [6, 6.07) is 5.56. The molecule has 0 radical (unpaired) electrons. The van der Waals surface area contributed by atoms with Crippen molar-refractivity contribution in [3.05, 3.63) is 38.4 Å². The summed E-state index contributed by atoms with van der Waals surface area (Å²) >= 11 is 2.74. The lowest BCUT2D eigenvalue weighted by atomic mass is 9.80. The first kappa shape index (κ1) is 18.8. The molecule has 1 spiro atoms. The maximum Gasteiger partial charge on any atom is 0.264 e. The average Bonchev–Trinajstić information content (AvgIpc) is 3.35. The van der Waals surface area contributed by atoms with Gasteiger partial charge in [-0.2, -0.15) is 10.5 Å². The molecule has 0 aromatic carbocycles. The van der Waals surface area contributed by atoms with E-state index in [1.807, 2.05) is 18.2 Å². The Balaban J connectivity index is 1.87. The fraction of sp³-hybridized carbons (Fsp3) is 0.300. The van der Waals surface area contributed by atoms with Crippen LogP contribution in [0.3, 0.4) is 0 Å². The van der Waals surface area contributed by atoms with Crippen LogP contribution in [0.25, 0.3) is 26.8 Å². The fourth-order valence-electron chi connectivity index (χ4n) is 3.57. The molecule has 9 heteroatoms. The number of nitriles is 3. The normalized spacial score (nSPS) is 16.2. The van der Waals surface area contributed by atoms with Crippen molar-refractivity contribution < 1.29 is 4.74 Å². The Labute approximate surface area is 175 Å². The second kappa shape index (κ2) is 7.49. The highest BCUT2D eigenvalue weighted by Gasteiger charge is 2.46. The molecule has 29 heavy (non-hydrogen) atoms. The first-order chi connectivity index (χ1) is 14.1. The minimum Gasteiger partial charge on any atom is -0.463 e. The van der Waals surface area contributed by atoms with Gasteiger partial charge in [-0.1, -0.05) is 6.42 Å². The number of fused-ring (bicyclic) bond motifs is 4. The molecule has 0 N–H and O–H groups in total. The molecule has 1 fully saturated rings. The number of hydrogen-bond acceptors (Lipinski definition) is 8. The molecule has 1 aliphatic heterocycles. The van der Waals surface area contributed by atoms with Gasteiger partial charge in [-0.05, 0) is 31.8 Å². The van der Waals surface area contributed by atoms with Crippen LogP contribution in [0.5, 0.6) is 5.88 Å². The second-order valence-corrected chi connectivity index (χ2v) is 8.67. The molecule has 1 saturated carbocycles. The topological polar surface area (TPSA) is 111 Å². The molecule has 0 atom stereocenters. The SMILES string of the molecule is [C-]#[N+]/C(C#N)=C/c1nc2c(s1)-c1sc(C=C(C#N)C#N)nc1OC21CCCCC1. The molecule has 1 aliphatic carbocycles. The summed E-state index contributed by atoms with van der Waals surface area (Å²) in [4.78, 5) is 14.2. The summed E-state index contributed by atoms with van der Waals surface area (Å²) in [5.41, 5.74) is 0.238. The third-order valence-electron chi connectivity index (χ3n) is 4.85. The van der Waals surface area contributed by atoms with Crippen LogP contribution < -0.4 is 4.74 Å². The Morgan fingerprint density at radius 1 is 1.00 bits per heavy atom. The Kier molecular flexibility index (Phi) is 4.87. The van der Waals surface area contributed by atoms with Gasteiger partial charge in [-0.25, -0.2) is 20.1 Å². The van der Waals surface area contributed by atoms with Gasteiger partial charge in [-0.15, -0.1) is 22.7 Å². The minimum absolute atomic E-state index is 0.0180. The van der Waals surface area contributed by atoms with E-state index in [0.717, 1.165) is 47.6 Å². The zero-order valence-corrected chi connectivity index (χ0v) is 16.7. The molecule has 4 rings (SSSR count). The minimum atomic E-state index is -0.559. The summed E-state index contributed by atoms with van der Waals surface area (Å²) in [5.74, 6) is 0.496. The van der Waals surface area contributed by atoms with Crippen molar-refractivity contribution in [2.75, 3.05) is 0 Å². The summed E-state index contributed by atoms with van der Waals surface area (Å²) in [6.45, 7) is 7.10. The van der Waals surface area contributed by atoms with Crippen molar-refractivity contribution in [3.8, 4) is 33.8 Å². The zero-order valence-electron chi connectivity index (χ0n) is 15.1. The van der Waals surface area contributed by atoms with Crippen molar-refractivity contribution in [3.63, 3.8) is 0 Å². The van der Waals surface area contributed by atoms with Crippen LogP contribution in [0, 0.1) is 40.6 Å². The van der Waals surface area contributed by atoms with Crippen molar-refractivity contribution in [2.45, 2.75) is 37.7 Å². The number of thiazole rings is 2. The monoisotopic (exact) mass is 416 g/mol. The number of ether oxygens (including phenoxy) is 1. The van der Waals surface area contributed by atoms with Crippen LogP contribution in [0.2, 0.25) is 0 Å².